The van der Waals surface area contributed by atoms with E-state index in [1.165, 1.54) is 6.26 Å². The van der Waals surface area contributed by atoms with Gasteiger partial charge < -0.3 is 5.73 Å². The monoisotopic (exact) mass is 235 g/mol. The molecule has 0 heterocycles. The second kappa shape index (κ2) is 3.88. The number of hydrogen-bond donors (Lipinski definition) is 1. The van der Waals surface area contributed by atoms with Gasteiger partial charge in [0.1, 0.15) is 0 Å². The Morgan fingerprint density at radius 1 is 1.06 bits per heavy atom. The normalized spacial score (nSPS) is 11.9. The smallest absolute Gasteiger partial charge is 0.176 e. The molecule has 0 bridgehead atoms. The fourth-order valence-electron chi connectivity index (χ4n) is 1.84. The van der Waals surface area contributed by atoms with Gasteiger partial charge in [-0.2, -0.15) is 0 Å². The highest BCUT2D eigenvalue weighted by Gasteiger charge is 2.12. The Kier molecular flexibility index (Phi) is 2.69. The highest BCUT2D eigenvalue weighted by atomic mass is 32.2. The molecule has 84 valence electrons. The van der Waals surface area contributed by atoms with Gasteiger partial charge in [0.2, 0.25) is 0 Å². The number of rotatable bonds is 2. The quantitative estimate of drug-likeness (QED) is 0.862. The van der Waals surface area contributed by atoms with Crippen LogP contribution in [0.25, 0.3) is 10.8 Å². The minimum atomic E-state index is -3.20. The maximum absolute atomic E-state index is 11.6. The summed E-state index contributed by atoms with van der Waals surface area (Å²) in [5.74, 6) is 0. The van der Waals surface area contributed by atoms with Crippen molar-refractivity contribution >= 4 is 20.6 Å². The van der Waals surface area contributed by atoms with Crippen LogP contribution in [0.1, 0.15) is 5.56 Å². The summed E-state index contributed by atoms with van der Waals surface area (Å²) < 4.78 is 23.2. The molecule has 3 nitrogen and oxygen atoms in total. The molecule has 4 heteroatoms. The highest BCUT2D eigenvalue weighted by molar-refractivity contribution is 7.91. The molecule has 0 saturated carbocycles. The fraction of sp³-hybridized carbons (Fsp3) is 0.167. The minimum absolute atomic E-state index is 0.361. The number of benzene rings is 2. The molecule has 0 atom stereocenters. The van der Waals surface area contributed by atoms with Crippen LogP contribution in [-0.2, 0) is 16.4 Å². The maximum Gasteiger partial charge on any atom is 0.176 e. The summed E-state index contributed by atoms with van der Waals surface area (Å²) in [6.45, 7) is 0.407. The summed E-state index contributed by atoms with van der Waals surface area (Å²) in [4.78, 5) is 0.361. The number of fused-ring (bicyclic) bond motifs is 1. The predicted octanol–water partition coefficient (Wildman–Crippen LogP) is 1.70. The predicted molar refractivity (Wildman–Crippen MR) is 64.9 cm³/mol. The minimum Gasteiger partial charge on any atom is -0.326 e. The molecule has 0 aliphatic heterocycles. The lowest BCUT2D eigenvalue weighted by Crippen LogP contribution is -2.02. The molecule has 0 radical (unpaired) electrons. The lowest BCUT2D eigenvalue weighted by atomic mass is 10.0. The Balaban J connectivity index is 2.91. The van der Waals surface area contributed by atoms with Crippen LogP contribution in [-0.4, -0.2) is 14.7 Å². The lowest BCUT2D eigenvalue weighted by Gasteiger charge is -2.08. The van der Waals surface area contributed by atoms with E-state index in [1.54, 1.807) is 12.1 Å². The molecule has 16 heavy (non-hydrogen) atoms. The molecular formula is C12H13NO2S. The van der Waals surface area contributed by atoms with Crippen LogP contribution in [0.15, 0.2) is 41.3 Å². The molecule has 0 aliphatic carbocycles. The summed E-state index contributed by atoms with van der Waals surface area (Å²) in [5.41, 5.74) is 6.59. The summed E-state index contributed by atoms with van der Waals surface area (Å²) in [5, 5.41) is 1.65. The first-order chi connectivity index (χ1) is 7.54. The lowest BCUT2D eigenvalue weighted by molar-refractivity contribution is 0.602. The molecule has 2 N–H and O–H groups in total. The Bertz CT molecular complexity index is 633. The van der Waals surface area contributed by atoms with Gasteiger partial charge in [0.25, 0.3) is 0 Å². The number of hydrogen-bond acceptors (Lipinski definition) is 3. The third-order valence-corrected chi connectivity index (χ3v) is 3.75. The summed E-state index contributed by atoms with van der Waals surface area (Å²) in [6, 6.07) is 10.8. The van der Waals surface area contributed by atoms with E-state index in [0.717, 1.165) is 16.3 Å². The van der Waals surface area contributed by atoms with Crippen LogP contribution in [0, 0.1) is 0 Å². The van der Waals surface area contributed by atoms with Crippen molar-refractivity contribution in [3.63, 3.8) is 0 Å². The average molecular weight is 235 g/mol. The van der Waals surface area contributed by atoms with Crippen LogP contribution < -0.4 is 5.73 Å². The number of nitrogens with two attached hydrogens (primary N) is 1. The molecule has 0 spiro atoms. The second-order valence-corrected chi connectivity index (χ2v) is 5.73. The SMILES string of the molecule is CS(=O)(=O)c1ccc(CN)c2ccccc12. The topological polar surface area (TPSA) is 60.2 Å². The van der Waals surface area contributed by atoms with Crippen molar-refractivity contribution in [3.05, 3.63) is 42.0 Å². The molecular weight excluding hydrogens is 222 g/mol. The molecule has 2 aromatic rings. The molecule has 2 aromatic carbocycles. The number of sulfone groups is 1. The molecule has 2 rings (SSSR count). The van der Waals surface area contributed by atoms with Gasteiger partial charge in [-0.05, 0) is 17.0 Å². The summed E-state index contributed by atoms with van der Waals surface area (Å²) >= 11 is 0. The van der Waals surface area contributed by atoms with Crippen molar-refractivity contribution in [1.29, 1.82) is 0 Å². The molecule has 0 aromatic heterocycles. The van der Waals surface area contributed by atoms with E-state index in [1.807, 2.05) is 24.3 Å². The molecule has 0 aliphatic rings. The third kappa shape index (κ3) is 1.81. The highest BCUT2D eigenvalue weighted by Crippen LogP contribution is 2.25. The van der Waals surface area contributed by atoms with Crippen molar-refractivity contribution in [2.75, 3.05) is 6.26 Å². The maximum atomic E-state index is 11.6. The van der Waals surface area contributed by atoms with Crippen LogP contribution in [0.2, 0.25) is 0 Å². The Labute approximate surface area is 94.8 Å². The van der Waals surface area contributed by atoms with Crippen LogP contribution in [0.5, 0.6) is 0 Å². The van der Waals surface area contributed by atoms with E-state index < -0.39 is 9.84 Å². The van der Waals surface area contributed by atoms with Gasteiger partial charge in [-0.3, -0.25) is 0 Å². The van der Waals surface area contributed by atoms with Crippen molar-refractivity contribution in [2.24, 2.45) is 5.73 Å². The van der Waals surface area contributed by atoms with Crippen molar-refractivity contribution in [3.8, 4) is 0 Å². The van der Waals surface area contributed by atoms with Crippen molar-refractivity contribution < 1.29 is 8.42 Å². The van der Waals surface area contributed by atoms with Gasteiger partial charge in [0, 0.05) is 18.2 Å². The first-order valence-corrected chi connectivity index (χ1v) is 6.84. The zero-order valence-electron chi connectivity index (χ0n) is 8.97. The van der Waals surface area contributed by atoms with Crippen LogP contribution >= 0.6 is 0 Å². The summed E-state index contributed by atoms with van der Waals surface area (Å²) in [7, 11) is -3.20. The third-order valence-electron chi connectivity index (χ3n) is 2.59. The van der Waals surface area contributed by atoms with Crippen LogP contribution in [0.3, 0.4) is 0 Å². The van der Waals surface area contributed by atoms with E-state index in [4.69, 9.17) is 5.73 Å². The fourth-order valence-corrected chi connectivity index (χ4v) is 2.73. The molecule has 0 fully saturated rings. The Morgan fingerprint density at radius 2 is 1.69 bits per heavy atom. The Hall–Kier alpha value is -1.39. The second-order valence-electron chi connectivity index (χ2n) is 3.74. The van der Waals surface area contributed by atoms with Gasteiger partial charge >= 0.3 is 0 Å². The van der Waals surface area contributed by atoms with E-state index >= 15 is 0 Å². The van der Waals surface area contributed by atoms with E-state index in [-0.39, 0.29) is 0 Å². The molecule has 0 amide bonds. The Morgan fingerprint density at radius 3 is 2.25 bits per heavy atom. The van der Waals surface area contributed by atoms with Gasteiger partial charge in [0.15, 0.2) is 9.84 Å². The molecule has 0 unspecified atom stereocenters. The van der Waals surface area contributed by atoms with E-state index in [9.17, 15) is 8.42 Å². The van der Waals surface area contributed by atoms with E-state index in [0.29, 0.717) is 11.4 Å². The first kappa shape index (κ1) is 11.1. The van der Waals surface area contributed by atoms with Gasteiger partial charge in [-0.15, -0.1) is 0 Å². The molecule has 0 saturated heterocycles. The van der Waals surface area contributed by atoms with Gasteiger partial charge in [0.05, 0.1) is 4.90 Å². The standard InChI is InChI=1S/C12H13NO2S/c1-16(14,15)12-7-6-9(8-13)10-4-2-3-5-11(10)12/h2-7H,8,13H2,1H3. The van der Waals surface area contributed by atoms with Crippen molar-refractivity contribution in [1.82, 2.24) is 0 Å². The van der Waals surface area contributed by atoms with E-state index in [2.05, 4.69) is 0 Å². The van der Waals surface area contributed by atoms with Gasteiger partial charge in [-0.25, -0.2) is 8.42 Å². The summed E-state index contributed by atoms with van der Waals surface area (Å²) in [6.07, 6.45) is 1.22. The van der Waals surface area contributed by atoms with Crippen molar-refractivity contribution in [2.45, 2.75) is 11.4 Å². The first-order valence-electron chi connectivity index (χ1n) is 4.95. The largest absolute Gasteiger partial charge is 0.326 e. The zero-order valence-corrected chi connectivity index (χ0v) is 9.79. The average Bonchev–Trinajstić information content (AvgIpc) is 2.26. The zero-order chi connectivity index (χ0) is 11.8. The van der Waals surface area contributed by atoms with Gasteiger partial charge in [-0.1, -0.05) is 30.3 Å². The van der Waals surface area contributed by atoms with Crippen LogP contribution in [0.4, 0.5) is 0 Å².